The lowest BCUT2D eigenvalue weighted by Crippen LogP contribution is -2.26. The Kier molecular flexibility index (Phi) is 5.27. The van der Waals surface area contributed by atoms with Gasteiger partial charge in [-0.25, -0.2) is 5.84 Å². The highest BCUT2D eigenvalue weighted by Gasteiger charge is 2.02. The molecule has 6 heteroatoms. The van der Waals surface area contributed by atoms with Crippen molar-refractivity contribution < 1.29 is 19.5 Å². The number of aliphatic hydroxyl groups is 1. The van der Waals surface area contributed by atoms with Crippen LogP contribution in [0.3, 0.4) is 0 Å². The molecular formula is C10H14N2O4. The van der Waals surface area contributed by atoms with Crippen LogP contribution in [0.15, 0.2) is 24.3 Å². The minimum absolute atomic E-state index is 0.0453. The SMILES string of the molecule is NNOC(=O)CCOc1cccc(CO)c1. The van der Waals surface area contributed by atoms with E-state index >= 15 is 0 Å². The minimum atomic E-state index is -0.499. The van der Waals surface area contributed by atoms with E-state index in [0.717, 1.165) is 5.56 Å². The van der Waals surface area contributed by atoms with Crippen molar-refractivity contribution in [2.24, 2.45) is 5.84 Å². The van der Waals surface area contributed by atoms with Crippen LogP contribution in [0.25, 0.3) is 0 Å². The zero-order valence-electron chi connectivity index (χ0n) is 8.68. The van der Waals surface area contributed by atoms with Crippen molar-refractivity contribution in [2.75, 3.05) is 6.61 Å². The lowest BCUT2D eigenvalue weighted by molar-refractivity contribution is -0.151. The number of benzene rings is 1. The number of hydrogen-bond donors (Lipinski definition) is 3. The summed E-state index contributed by atoms with van der Waals surface area (Å²) in [5.41, 5.74) is 2.55. The van der Waals surface area contributed by atoms with Crippen molar-refractivity contribution in [3.8, 4) is 5.75 Å². The molecule has 1 aromatic carbocycles. The van der Waals surface area contributed by atoms with Crippen molar-refractivity contribution in [3.63, 3.8) is 0 Å². The number of rotatable bonds is 6. The van der Waals surface area contributed by atoms with Crippen LogP contribution >= 0.6 is 0 Å². The number of hydrogen-bond acceptors (Lipinski definition) is 6. The third kappa shape index (κ3) is 4.26. The van der Waals surface area contributed by atoms with E-state index in [4.69, 9.17) is 15.7 Å². The van der Waals surface area contributed by atoms with E-state index in [2.05, 4.69) is 4.84 Å². The van der Waals surface area contributed by atoms with Gasteiger partial charge in [0.15, 0.2) is 0 Å². The summed E-state index contributed by atoms with van der Waals surface area (Å²) >= 11 is 0. The molecule has 0 spiro atoms. The number of aliphatic hydroxyl groups excluding tert-OH is 1. The minimum Gasteiger partial charge on any atom is -0.493 e. The van der Waals surface area contributed by atoms with E-state index in [1.165, 1.54) is 0 Å². The standard InChI is InChI=1S/C10H14N2O4/c11-12-16-10(14)4-5-15-9-3-1-2-8(6-9)7-13/h1-3,6,12-13H,4-5,7,11H2. The van der Waals surface area contributed by atoms with E-state index in [9.17, 15) is 4.79 Å². The fourth-order valence-electron chi connectivity index (χ4n) is 1.10. The van der Waals surface area contributed by atoms with Gasteiger partial charge in [0.05, 0.1) is 19.6 Å². The summed E-state index contributed by atoms with van der Waals surface area (Å²) in [5, 5.41) is 8.89. The summed E-state index contributed by atoms with van der Waals surface area (Å²) in [7, 11) is 0. The lowest BCUT2D eigenvalue weighted by Gasteiger charge is -2.06. The van der Waals surface area contributed by atoms with E-state index in [-0.39, 0.29) is 19.6 Å². The Balaban J connectivity index is 2.34. The van der Waals surface area contributed by atoms with Gasteiger partial charge in [0.2, 0.25) is 0 Å². The monoisotopic (exact) mass is 226 g/mol. The largest absolute Gasteiger partial charge is 0.493 e. The predicted molar refractivity (Wildman–Crippen MR) is 55.9 cm³/mol. The molecule has 0 heterocycles. The number of hydrazine groups is 1. The van der Waals surface area contributed by atoms with E-state index in [1.807, 2.05) is 0 Å². The number of carbonyl (C=O) groups is 1. The van der Waals surface area contributed by atoms with Gasteiger partial charge in [-0.3, -0.25) is 4.79 Å². The first kappa shape index (κ1) is 12.4. The first-order valence-corrected chi connectivity index (χ1v) is 4.74. The highest BCUT2D eigenvalue weighted by Crippen LogP contribution is 2.13. The Bertz CT molecular complexity index is 343. The highest BCUT2D eigenvalue weighted by molar-refractivity contribution is 5.69. The summed E-state index contributed by atoms with van der Waals surface area (Å²) in [6.45, 7) is 0.145. The van der Waals surface area contributed by atoms with Gasteiger partial charge in [-0.05, 0) is 17.7 Å². The van der Waals surface area contributed by atoms with Crippen molar-refractivity contribution in [1.82, 2.24) is 5.59 Å². The third-order valence-corrected chi connectivity index (χ3v) is 1.83. The fraction of sp³-hybridized carbons (Fsp3) is 0.300. The van der Waals surface area contributed by atoms with Crippen LogP contribution in [0, 0.1) is 0 Å². The fourth-order valence-corrected chi connectivity index (χ4v) is 1.10. The molecule has 1 aromatic rings. The lowest BCUT2D eigenvalue weighted by atomic mass is 10.2. The van der Waals surface area contributed by atoms with Gasteiger partial charge >= 0.3 is 5.97 Å². The quantitative estimate of drug-likeness (QED) is 0.462. The molecule has 88 valence electrons. The molecule has 0 aliphatic rings. The van der Waals surface area contributed by atoms with Crippen molar-refractivity contribution >= 4 is 5.97 Å². The molecule has 16 heavy (non-hydrogen) atoms. The zero-order valence-corrected chi connectivity index (χ0v) is 8.68. The van der Waals surface area contributed by atoms with Gasteiger partial charge in [0.25, 0.3) is 0 Å². The molecule has 0 bridgehead atoms. The second kappa shape index (κ2) is 6.78. The summed E-state index contributed by atoms with van der Waals surface area (Å²) in [5.74, 6) is 4.89. The Morgan fingerprint density at radius 2 is 2.31 bits per heavy atom. The summed E-state index contributed by atoms with van der Waals surface area (Å²) in [6, 6.07) is 6.98. The average molecular weight is 226 g/mol. The molecule has 6 nitrogen and oxygen atoms in total. The van der Waals surface area contributed by atoms with E-state index in [1.54, 1.807) is 29.9 Å². The normalized spacial score (nSPS) is 9.88. The topological polar surface area (TPSA) is 93.8 Å². The molecule has 0 aliphatic heterocycles. The number of nitrogens with one attached hydrogen (secondary N) is 1. The Labute approximate surface area is 92.9 Å². The van der Waals surface area contributed by atoms with Crippen LogP contribution in [-0.4, -0.2) is 17.7 Å². The maximum absolute atomic E-state index is 10.9. The van der Waals surface area contributed by atoms with Crippen LogP contribution in [0.2, 0.25) is 0 Å². The zero-order chi connectivity index (χ0) is 11.8. The smallest absolute Gasteiger partial charge is 0.329 e. The second-order valence-corrected chi connectivity index (χ2v) is 3.00. The molecule has 0 aromatic heterocycles. The number of carbonyl (C=O) groups excluding carboxylic acids is 1. The maximum Gasteiger partial charge on any atom is 0.329 e. The molecular weight excluding hydrogens is 212 g/mol. The number of nitrogens with two attached hydrogens (primary N) is 1. The van der Waals surface area contributed by atoms with E-state index < -0.39 is 5.97 Å². The van der Waals surface area contributed by atoms with Gasteiger partial charge < -0.3 is 14.7 Å². The van der Waals surface area contributed by atoms with Crippen molar-refractivity contribution in [2.45, 2.75) is 13.0 Å². The molecule has 1 rings (SSSR count). The van der Waals surface area contributed by atoms with E-state index in [0.29, 0.717) is 5.75 Å². The predicted octanol–water partition coefficient (Wildman–Crippen LogP) is -0.131. The molecule has 0 atom stereocenters. The van der Waals surface area contributed by atoms with Gasteiger partial charge in [0.1, 0.15) is 5.75 Å². The summed E-state index contributed by atoms with van der Waals surface area (Å²) in [4.78, 5) is 15.2. The molecule has 0 amide bonds. The molecule has 0 aliphatic carbocycles. The second-order valence-electron chi connectivity index (χ2n) is 3.00. The first-order chi connectivity index (χ1) is 7.76. The van der Waals surface area contributed by atoms with Crippen LogP contribution in [-0.2, 0) is 16.2 Å². The van der Waals surface area contributed by atoms with Crippen LogP contribution in [0.5, 0.6) is 5.75 Å². The van der Waals surface area contributed by atoms with Gasteiger partial charge in [-0.15, -0.1) is 0 Å². The first-order valence-electron chi connectivity index (χ1n) is 4.74. The van der Waals surface area contributed by atoms with Gasteiger partial charge in [-0.1, -0.05) is 17.7 Å². The third-order valence-electron chi connectivity index (χ3n) is 1.83. The van der Waals surface area contributed by atoms with Crippen molar-refractivity contribution in [3.05, 3.63) is 29.8 Å². The molecule has 0 radical (unpaired) electrons. The summed E-state index contributed by atoms with van der Waals surface area (Å²) < 4.78 is 5.28. The Morgan fingerprint density at radius 1 is 1.50 bits per heavy atom. The van der Waals surface area contributed by atoms with Crippen LogP contribution in [0.1, 0.15) is 12.0 Å². The number of ether oxygens (including phenoxy) is 1. The van der Waals surface area contributed by atoms with Crippen molar-refractivity contribution in [1.29, 1.82) is 0 Å². The Hall–Kier alpha value is -1.63. The highest BCUT2D eigenvalue weighted by atomic mass is 16.7. The van der Waals surface area contributed by atoms with Crippen LogP contribution < -0.4 is 16.2 Å². The molecule has 0 fully saturated rings. The molecule has 0 saturated heterocycles. The molecule has 0 saturated carbocycles. The van der Waals surface area contributed by atoms with Gasteiger partial charge in [-0.2, -0.15) is 0 Å². The maximum atomic E-state index is 10.9. The summed E-state index contributed by atoms with van der Waals surface area (Å²) in [6.07, 6.45) is 0.0908. The van der Waals surface area contributed by atoms with Gasteiger partial charge in [0, 0.05) is 0 Å². The Morgan fingerprint density at radius 3 is 3.00 bits per heavy atom. The molecule has 0 unspecified atom stereocenters. The van der Waals surface area contributed by atoms with Crippen LogP contribution in [0.4, 0.5) is 0 Å². The molecule has 4 N–H and O–H groups in total. The average Bonchev–Trinajstić information content (AvgIpc) is 2.30.